The van der Waals surface area contributed by atoms with Crippen LogP contribution in [-0.4, -0.2) is 20.3 Å². The van der Waals surface area contributed by atoms with Crippen molar-refractivity contribution in [2.24, 2.45) is 0 Å². The fraction of sp³-hybridized carbons (Fsp3) is 0.455. The molecule has 0 saturated carbocycles. The van der Waals surface area contributed by atoms with Crippen LogP contribution in [0.1, 0.15) is 17.9 Å². The van der Waals surface area contributed by atoms with Gasteiger partial charge in [-0.25, -0.2) is 0 Å². The van der Waals surface area contributed by atoms with E-state index in [-0.39, 0.29) is 0 Å². The van der Waals surface area contributed by atoms with E-state index >= 15 is 0 Å². The molecule has 76 valence electrons. The largest absolute Gasteiger partial charge is 0.492 e. The Bertz CT molecular complexity index is 325. The SMILES string of the molecule is COCC1CCOc2c(Br)cccc21. The van der Waals surface area contributed by atoms with Crippen LogP contribution in [0.3, 0.4) is 0 Å². The Morgan fingerprint density at radius 1 is 1.57 bits per heavy atom. The van der Waals surface area contributed by atoms with Crippen LogP contribution < -0.4 is 4.74 Å². The van der Waals surface area contributed by atoms with E-state index in [1.807, 2.05) is 12.1 Å². The van der Waals surface area contributed by atoms with E-state index < -0.39 is 0 Å². The molecule has 1 aliphatic rings. The maximum atomic E-state index is 5.63. The predicted molar refractivity (Wildman–Crippen MR) is 58.9 cm³/mol. The molecule has 1 aromatic rings. The number of hydrogen-bond acceptors (Lipinski definition) is 2. The second-order valence-electron chi connectivity index (χ2n) is 3.45. The van der Waals surface area contributed by atoms with E-state index in [4.69, 9.17) is 9.47 Å². The Labute approximate surface area is 92.3 Å². The molecule has 1 aliphatic heterocycles. The molecule has 0 fully saturated rings. The van der Waals surface area contributed by atoms with Crippen molar-refractivity contribution in [3.8, 4) is 5.75 Å². The summed E-state index contributed by atoms with van der Waals surface area (Å²) in [4.78, 5) is 0. The van der Waals surface area contributed by atoms with Gasteiger partial charge in [-0.15, -0.1) is 0 Å². The first-order chi connectivity index (χ1) is 6.83. The van der Waals surface area contributed by atoms with E-state index in [1.54, 1.807) is 7.11 Å². The summed E-state index contributed by atoms with van der Waals surface area (Å²) in [5.41, 5.74) is 1.26. The maximum absolute atomic E-state index is 5.63. The molecule has 1 atom stereocenters. The summed E-state index contributed by atoms with van der Waals surface area (Å²) < 4.78 is 11.9. The third-order valence-corrected chi connectivity index (χ3v) is 3.14. The van der Waals surface area contributed by atoms with Crippen LogP contribution in [0.5, 0.6) is 5.75 Å². The first-order valence-corrected chi connectivity index (χ1v) is 5.52. The Hall–Kier alpha value is -0.540. The summed E-state index contributed by atoms with van der Waals surface area (Å²) in [6, 6.07) is 6.16. The van der Waals surface area contributed by atoms with Gasteiger partial charge in [0.2, 0.25) is 0 Å². The average molecular weight is 257 g/mol. The van der Waals surface area contributed by atoms with E-state index in [9.17, 15) is 0 Å². The highest BCUT2D eigenvalue weighted by molar-refractivity contribution is 9.10. The molecule has 0 saturated heterocycles. The average Bonchev–Trinajstić information content (AvgIpc) is 2.20. The molecule has 0 bridgehead atoms. The van der Waals surface area contributed by atoms with Gasteiger partial charge in [0.15, 0.2) is 0 Å². The minimum atomic E-state index is 0.473. The van der Waals surface area contributed by atoms with Crippen LogP contribution in [-0.2, 0) is 4.74 Å². The summed E-state index contributed by atoms with van der Waals surface area (Å²) in [7, 11) is 1.74. The molecule has 1 heterocycles. The lowest BCUT2D eigenvalue weighted by atomic mass is 9.94. The molecule has 1 aromatic carbocycles. The van der Waals surface area contributed by atoms with Gasteiger partial charge in [0.25, 0.3) is 0 Å². The van der Waals surface area contributed by atoms with Gasteiger partial charge in [0.1, 0.15) is 5.75 Å². The predicted octanol–water partition coefficient (Wildman–Crippen LogP) is 2.96. The van der Waals surface area contributed by atoms with Gasteiger partial charge in [-0.05, 0) is 28.4 Å². The molecule has 2 nitrogen and oxygen atoms in total. The summed E-state index contributed by atoms with van der Waals surface area (Å²) in [5, 5.41) is 0. The van der Waals surface area contributed by atoms with Crippen LogP contribution in [0.25, 0.3) is 0 Å². The van der Waals surface area contributed by atoms with Crippen molar-refractivity contribution in [1.29, 1.82) is 0 Å². The Balaban J connectivity index is 2.34. The van der Waals surface area contributed by atoms with Crippen molar-refractivity contribution in [2.45, 2.75) is 12.3 Å². The Morgan fingerprint density at radius 3 is 3.21 bits per heavy atom. The zero-order valence-corrected chi connectivity index (χ0v) is 9.71. The normalized spacial score (nSPS) is 20.0. The summed E-state index contributed by atoms with van der Waals surface area (Å²) in [6.45, 7) is 1.55. The highest BCUT2D eigenvalue weighted by Crippen LogP contribution is 2.38. The molecule has 0 amide bonds. The molecule has 0 spiro atoms. The van der Waals surface area contributed by atoms with Crippen molar-refractivity contribution in [3.63, 3.8) is 0 Å². The first-order valence-electron chi connectivity index (χ1n) is 4.73. The van der Waals surface area contributed by atoms with E-state index in [1.165, 1.54) is 5.56 Å². The third-order valence-electron chi connectivity index (χ3n) is 2.52. The van der Waals surface area contributed by atoms with Gasteiger partial charge >= 0.3 is 0 Å². The lowest BCUT2D eigenvalue weighted by Crippen LogP contribution is -2.17. The molecule has 3 heteroatoms. The molecular formula is C11H13BrO2. The number of ether oxygens (including phenoxy) is 2. The van der Waals surface area contributed by atoms with Crippen LogP contribution in [0.15, 0.2) is 22.7 Å². The molecule has 0 aliphatic carbocycles. The fourth-order valence-corrected chi connectivity index (χ4v) is 2.33. The number of fused-ring (bicyclic) bond motifs is 1. The number of methoxy groups -OCH3 is 1. The maximum Gasteiger partial charge on any atom is 0.137 e. The smallest absolute Gasteiger partial charge is 0.137 e. The zero-order valence-electron chi connectivity index (χ0n) is 8.13. The molecule has 0 radical (unpaired) electrons. The van der Waals surface area contributed by atoms with Crippen molar-refractivity contribution in [3.05, 3.63) is 28.2 Å². The van der Waals surface area contributed by atoms with Crippen LogP contribution in [0.2, 0.25) is 0 Å². The van der Waals surface area contributed by atoms with Gasteiger partial charge in [-0.1, -0.05) is 12.1 Å². The van der Waals surface area contributed by atoms with Gasteiger partial charge in [0, 0.05) is 18.6 Å². The summed E-state index contributed by atoms with van der Waals surface area (Å²) >= 11 is 3.49. The summed E-state index contributed by atoms with van der Waals surface area (Å²) in [6.07, 6.45) is 1.04. The minimum Gasteiger partial charge on any atom is -0.492 e. The van der Waals surface area contributed by atoms with Crippen molar-refractivity contribution >= 4 is 15.9 Å². The van der Waals surface area contributed by atoms with Crippen molar-refractivity contribution in [2.75, 3.05) is 20.3 Å². The zero-order chi connectivity index (χ0) is 9.97. The number of halogens is 1. The monoisotopic (exact) mass is 256 g/mol. The van der Waals surface area contributed by atoms with Crippen LogP contribution >= 0.6 is 15.9 Å². The number of para-hydroxylation sites is 1. The van der Waals surface area contributed by atoms with Gasteiger partial charge in [-0.3, -0.25) is 0 Å². The quantitative estimate of drug-likeness (QED) is 0.810. The minimum absolute atomic E-state index is 0.473. The van der Waals surface area contributed by atoms with E-state index in [0.29, 0.717) is 5.92 Å². The third kappa shape index (κ3) is 1.79. The van der Waals surface area contributed by atoms with Crippen molar-refractivity contribution in [1.82, 2.24) is 0 Å². The van der Waals surface area contributed by atoms with E-state index in [2.05, 4.69) is 22.0 Å². The first kappa shape index (κ1) is 9.99. The van der Waals surface area contributed by atoms with Gasteiger partial charge in [0.05, 0.1) is 17.7 Å². The van der Waals surface area contributed by atoms with Crippen molar-refractivity contribution < 1.29 is 9.47 Å². The molecule has 14 heavy (non-hydrogen) atoms. The second kappa shape index (κ2) is 4.32. The lowest BCUT2D eigenvalue weighted by Gasteiger charge is -2.26. The second-order valence-corrected chi connectivity index (χ2v) is 4.30. The number of rotatable bonds is 2. The van der Waals surface area contributed by atoms with Gasteiger partial charge < -0.3 is 9.47 Å². The number of benzene rings is 1. The molecule has 0 aromatic heterocycles. The molecule has 2 rings (SSSR count). The lowest BCUT2D eigenvalue weighted by molar-refractivity contribution is 0.153. The molecule has 0 N–H and O–H groups in total. The van der Waals surface area contributed by atoms with Crippen LogP contribution in [0, 0.1) is 0 Å². The standard InChI is InChI=1S/C11H13BrO2/c1-13-7-8-5-6-14-11-9(8)3-2-4-10(11)12/h2-4,8H,5-7H2,1H3. The van der Waals surface area contributed by atoms with Gasteiger partial charge in [-0.2, -0.15) is 0 Å². The van der Waals surface area contributed by atoms with Crippen LogP contribution in [0.4, 0.5) is 0 Å². The highest BCUT2D eigenvalue weighted by atomic mass is 79.9. The molecular weight excluding hydrogens is 244 g/mol. The number of hydrogen-bond donors (Lipinski definition) is 0. The Kier molecular flexibility index (Phi) is 3.08. The fourth-order valence-electron chi connectivity index (χ4n) is 1.83. The van der Waals surface area contributed by atoms with E-state index in [0.717, 1.165) is 29.9 Å². The summed E-state index contributed by atoms with van der Waals surface area (Å²) in [5.74, 6) is 1.46. The Morgan fingerprint density at radius 2 is 2.43 bits per heavy atom. The molecule has 1 unspecified atom stereocenters. The highest BCUT2D eigenvalue weighted by Gasteiger charge is 2.22. The topological polar surface area (TPSA) is 18.5 Å².